The molecule has 1 aromatic heterocycles. The zero-order chi connectivity index (χ0) is 20.2. The highest BCUT2D eigenvalue weighted by Gasteiger charge is 2.30. The van der Waals surface area contributed by atoms with E-state index in [1.54, 1.807) is 19.5 Å². The highest BCUT2D eigenvalue weighted by molar-refractivity contribution is 5.93. The van der Waals surface area contributed by atoms with Crippen LogP contribution in [0.2, 0.25) is 0 Å². The number of carbonyl (C=O) groups is 1. The van der Waals surface area contributed by atoms with Gasteiger partial charge < -0.3 is 14.5 Å². The molecular weight excluding hydrogens is 366 g/mol. The first-order valence-electron chi connectivity index (χ1n) is 11.3. The van der Waals surface area contributed by atoms with Crippen LogP contribution in [0.25, 0.3) is 0 Å². The molecule has 160 valence electrons. The summed E-state index contributed by atoms with van der Waals surface area (Å²) in [6.45, 7) is 8.09. The zero-order valence-corrected chi connectivity index (χ0v) is 17.9. The summed E-state index contributed by atoms with van der Waals surface area (Å²) in [6, 6.07) is 0.964. The van der Waals surface area contributed by atoms with E-state index in [-0.39, 0.29) is 5.91 Å². The average molecular weight is 402 g/mol. The number of nitrogens with zero attached hydrogens (tertiary/aromatic N) is 5. The van der Waals surface area contributed by atoms with Crippen molar-refractivity contribution in [2.45, 2.75) is 57.5 Å². The fourth-order valence-electron chi connectivity index (χ4n) is 5.22. The minimum absolute atomic E-state index is 0.0666. The van der Waals surface area contributed by atoms with Crippen LogP contribution >= 0.6 is 0 Å². The molecule has 4 rings (SSSR count). The molecule has 3 aliphatic heterocycles. The van der Waals surface area contributed by atoms with Gasteiger partial charge in [-0.1, -0.05) is 6.92 Å². The van der Waals surface area contributed by atoms with Gasteiger partial charge in [0.2, 0.25) is 5.95 Å². The molecule has 4 heterocycles. The molecule has 0 spiro atoms. The summed E-state index contributed by atoms with van der Waals surface area (Å²) < 4.78 is 5.32. The Bertz CT molecular complexity index is 674. The van der Waals surface area contributed by atoms with Gasteiger partial charge in [0.25, 0.3) is 5.91 Å². The molecular formula is C22H35N5O2. The standard InChI is InChI=1S/C22H35N5O2/c1-17-5-3-9-26(15-17)19-7-11-25(12-8-19)21(28)18-13-23-22(24-14-18)27-10-4-6-20(27)16-29-2/h13-14,17,19-20H,3-12,15-16H2,1-2H3. The maximum absolute atomic E-state index is 12.9. The summed E-state index contributed by atoms with van der Waals surface area (Å²) in [4.78, 5) is 28.8. The summed E-state index contributed by atoms with van der Waals surface area (Å²) in [6.07, 6.45) is 10.4. The number of carbonyl (C=O) groups excluding carboxylic acids is 1. The molecule has 7 heteroatoms. The molecule has 0 radical (unpaired) electrons. The van der Waals surface area contributed by atoms with Crippen LogP contribution in [0.3, 0.4) is 0 Å². The van der Waals surface area contributed by atoms with E-state index in [1.165, 1.54) is 25.9 Å². The average Bonchev–Trinajstić information content (AvgIpc) is 3.22. The van der Waals surface area contributed by atoms with Gasteiger partial charge in [0.05, 0.1) is 18.2 Å². The highest BCUT2D eigenvalue weighted by atomic mass is 16.5. The van der Waals surface area contributed by atoms with Crippen LogP contribution in [0.5, 0.6) is 0 Å². The van der Waals surface area contributed by atoms with Crippen molar-refractivity contribution in [1.29, 1.82) is 0 Å². The number of aromatic nitrogens is 2. The van der Waals surface area contributed by atoms with E-state index >= 15 is 0 Å². The van der Waals surface area contributed by atoms with Crippen molar-refractivity contribution < 1.29 is 9.53 Å². The number of methoxy groups -OCH3 is 1. The summed E-state index contributed by atoms with van der Waals surface area (Å²) in [5.74, 6) is 1.58. The molecule has 0 aliphatic carbocycles. The Morgan fingerprint density at radius 3 is 2.48 bits per heavy atom. The van der Waals surface area contributed by atoms with Crippen LogP contribution in [-0.2, 0) is 4.74 Å². The number of rotatable bonds is 5. The number of hydrogen-bond donors (Lipinski definition) is 0. The van der Waals surface area contributed by atoms with Gasteiger partial charge in [0.1, 0.15) is 0 Å². The van der Waals surface area contributed by atoms with E-state index in [0.717, 1.165) is 51.2 Å². The third-order valence-electron chi connectivity index (χ3n) is 6.83. The Balaban J connectivity index is 1.32. The molecule has 1 amide bonds. The molecule has 0 N–H and O–H groups in total. The van der Waals surface area contributed by atoms with Crippen molar-refractivity contribution in [3.05, 3.63) is 18.0 Å². The number of anilines is 1. The molecule has 3 saturated heterocycles. The van der Waals surface area contributed by atoms with Crippen LogP contribution < -0.4 is 4.90 Å². The van der Waals surface area contributed by atoms with Crippen LogP contribution in [0.4, 0.5) is 5.95 Å². The molecule has 29 heavy (non-hydrogen) atoms. The van der Waals surface area contributed by atoms with Crippen LogP contribution in [0.1, 0.15) is 55.8 Å². The lowest BCUT2D eigenvalue weighted by atomic mass is 9.95. The number of hydrogen-bond acceptors (Lipinski definition) is 6. The molecule has 2 atom stereocenters. The van der Waals surface area contributed by atoms with Gasteiger partial charge in [-0.2, -0.15) is 0 Å². The molecule has 0 bridgehead atoms. The number of amides is 1. The third-order valence-corrected chi connectivity index (χ3v) is 6.83. The maximum atomic E-state index is 12.9. The molecule has 1 aromatic rings. The van der Waals surface area contributed by atoms with Crippen LogP contribution in [-0.4, -0.2) is 84.2 Å². The molecule has 0 aromatic carbocycles. The quantitative estimate of drug-likeness (QED) is 0.755. The Morgan fingerprint density at radius 2 is 1.79 bits per heavy atom. The maximum Gasteiger partial charge on any atom is 0.256 e. The van der Waals surface area contributed by atoms with Crippen molar-refractivity contribution in [1.82, 2.24) is 19.8 Å². The first-order chi connectivity index (χ1) is 14.2. The van der Waals surface area contributed by atoms with Gasteiger partial charge in [-0.05, 0) is 51.0 Å². The number of ether oxygens (including phenoxy) is 1. The predicted molar refractivity (Wildman–Crippen MR) is 113 cm³/mol. The van der Waals surface area contributed by atoms with Crippen LogP contribution in [0.15, 0.2) is 12.4 Å². The summed E-state index contributed by atoms with van der Waals surface area (Å²) in [5.41, 5.74) is 0.598. The van der Waals surface area contributed by atoms with E-state index in [9.17, 15) is 4.79 Å². The first-order valence-corrected chi connectivity index (χ1v) is 11.3. The van der Waals surface area contributed by atoms with E-state index < -0.39 is 0 Å². The van der Waals surface area contributed by atoms with Crippen molar-refractivity contribution >= 4 is 11.9 Å². The van der Waals surface area contributed by atoms with Crippen molar-refractivity contribution in [2.75, 3.05) is 51.3 Å². The van der Waals surface area contributed by atoms with Crippen molar-refractivity contribution in [2.24, 2.45) is 5.92 Å². The SMILES string of the molecule is COCC1CCCN1c1ncc(C(=O)N2CCC(N3CCCC(C)C3)CC2)cn1. The second kappa shape index (κ2) is 9.39. The Morgan fingerprint density at radius 1 is 1.07 bits per heavy atom. The summed E-state index contributed by atoms with van der Waals surface area (Å²) in [7, 11) is 1.73. The smallest absolute Gasteiger partial charge is 0.256 e. The second-order valence-electron chi connectivity index (χ2n) is 8.98. The molecule has 0 saturated carbocycles. The largest absolute Gasteiger partial charge is 0.383 e. The Labute approximate surface area is 174 Å². The topological polar surface area (TPSA) is 61.8 Å². The highest BCUT2D eigenvalue weighted by Crippen LogP contribution is 2.25. The number of piperidine rings is 2. The summed E-state index contributed by atoms with van der Waals surface area (Å²) >= 11 is 0. The zero-order valence-electron chi connectivity index (χ0n) is 17.9. The molecule has 7 nitrogen and oxygen atoms in total. The monoisotopic (exact) mass is 401 g/mol. The normalized spacial score (nSPS) is 26.8. The van der Waals surface area contributed by atoms with Crippen LogP contribution in [0, 0.1) is 5.92 Å². The predicted octanol–water partition coefficient (Wildman–Crippen LogP) is 2.43. The van der Waals surface area contributed by atoms with Crippen molar-refractivity contribution in [3.63, 3.8) is 0 Å². The number of likely N-dealkylation sites (tertiary alicyclic amines) is 2. The van der Waals surface area contributed by atoms with E-state index in [4.69, 9.17) is 4.74 Å². The van der Waals surface area contributed by atoms with E-state index in [1.807, 2.05) is 4.90 Å². The minimum atomic E-state index is 0.0666. The van der Waals surface area contributed by atoms with Gasteiger partial charge in [-0.25, -0.2) is 9.97 Å². The van der Waals surface area contributed by atoms with E-state index in [0.29, 0.717) is 30.2 Å². The van der Waals surface area contributed by atoms with Crippen molar-refractivity contribution in [3.8, 4) is 0 Å². The minimum Gasteiger partial charge on any atom is -0.383 e. The molecule has 2 unspecified atom stereocenters. The summed E-state index contributed by atoms with van der Waals surface area (Å²) in [5, 5.41) is 0. The Kier molecular flexibility index (Phi) is 6.65. The lowest BCUT2D eigenvalue weighted by Crippen LogP contribution is -2.49. The lowest BCUT2D eigenvalue weighted by Gasteiger charge is -2.41. The van der Waals surface area contributed by atoms with Gasteiger partial charge >= 0.3 is 0 Å². The van der Waals surface area contributed by atoms with E-state index in [2.05, 4.69) is 26.7 Å². The van der Waals surface area contributed by atoms with Gasteiger partial charge in [0, 0.05) is 51.7 Å². The second-order valence-corrected chi connectivity index (χ2v) is 8.98. The van der Waals surface area contributed by atoms with Gasteiger partial charge in [-0.3, -0.25) is 9.69 Å². The molecule has 3 fully saturated rings. The fraction of sp³-hybridized carbons (Fsp3) is 0.773. The first kappa shape index (κ1) is 20.5. The van der Waals surface area contributed by atoms with Gasteiger partial charge in [0.15, 0.2) is 0 Å². The fourth-order valence-corrected chi connectivity index (χ4v) is 5.22. The molecule has 3 aliphatic rings. The third kappa shape index (κ3) is 4.72. The Hall–Kier alpha value is -1.73. The lowest BCUT2D eigenvalue weighted by molar-refractivity contribution is 0.0541. The van der Waals surface area contributed by atoms with Gasteiger partial charge in [-0.15, -0.1) is 0 Å².